The lowest BCUT2D eigenvalue weighted by molar-refractivity contribution is -0.122. The van der Waals surface area contributed by atoms with Crippen LogP contribution in [0.1, 0.15) is 18.6 Å². The van der Waals surface area contributed by atoms with Crippen molar-refractivity contribution >= 4 is 5.91 Å². The highest BCUT2D eigenvalue weighted by atomic mass is 16.3. The van der Waals surface area contributed by atoms with E-state index in [1.807, 2.05) is 12.1 Å². The molecule has 1 aliphatic heterocycles. The second-order valence-corrected chi connectivity index (χ2v) is 3.77. The molecular weight excluding hydrogens is 192 g/mol. The molecule has 2 heterocycles. The molecule has 82 valence electrons. The van der Waals surface area contributed by atoms with Crippen molar-refractivity contribution in [2.75, 3.05) is 13.1 Å². The molecule has 1 fully saturated rings. The van der Waals surface area contributed by atoms with Crippen molar-refractivity contribution in [3.63, 3.8) is 0 Å². The van der Waals surface area contributed by atoms with E-state index < -0.39 is 0 Å². The molecule has 0 spiro atoms. The summed E-state index contributed by atoms with van der Waals surface area (Å²) >= 11 is 0. The fourth-order valence-corrected chi connectivity index (χ4v) is 1.80. The third-order valence-corrected chi connectivity index (χ3v) is 2.63. The fraction of sp³-hybridized carbons (Fsp3) is 0.545. The molecule has 0 aliphatic carbocycles. The van der Waals surface area contributed by atoms with Crippen LogP contribution in [0.3, 0.4) is 0 Å². The number of hydrogen-bond donors (Lipinski definition) is 2. The van der Waals surface area contributed by atoms with Gasteiger partial charge < -0.3 is 15.1 Å². The predicted octanol–water partition coefficient (Wildman–Crippen LogP) is 0.690. The van der Waals surface area contributed by atoms with Crippen LogP contribution in [0.15, 0.2) is 22.8 Å². The Labute approximate surface area is 89.0 Å². The molecule has 1 aromatic rings. The number of nitrogens with one attached hydrogen (secondary N) is 2. The summed E-state index contributed by atoms with van der Waals surface area (Å²) in [6.07, 6.45) is 4.45. The van der Waals surface area contributed by atoms with Crippen molar-refractivity contribution in [1.82, 2.24) is 10.6 Å². The molecule has 1 saturated heterocycles. The summed E-state index contributed by atoms with van der Waals surface area (Å²) in [5.41, 5.74) is 0. The van der Waals surface area contributed by atoms with E-state index in [-0.39, 0.29) is 11.9 Å². The van der Waals surface area contributed by atoms with Crippen LogP contribution in [0.2, 0.25) is 0 Å². The Bertz CT molecular complexity index is 302. The van der Waals surface area contributed by atoms with Gasteiger partial charge in [-0.2, -0.15) is 0 Å². The van der Waals surface area contributed by atoms with E-state index in [4.69, 9.17) is 4.42 Å². The van der Waals surface area contributed by atoms with Crippen molar-refractivity contribution in [1.29, 1.82) is 0 Å². The molecule has 1 amide bonds. The fourth-order valence-electron chi connectivity index (χ4n) is 1.80. The number of furan rings is 1. The van der Waals surface area contributed by atoms with Crippen molar-refractivity contribution in [3.05, 3.63) is 24.2 Å². The van der Waals surface area contributed by atoms with Crippen LogP contribution in [0.5, 0.6) is 0 Å². The van der Waals surface area contributed by atoms with E-state index in [9.17, 15) is 4.79 Å². The van der Waals surface area contributed by atoms with Crippen LogP contribution in [-0.4, -0.2) is 25.0 Å². The highest BCUT2D eigenvalue weighted by molar-refractivity contribution is 5.81. The van der Waals surface area contributed by atoms with Crippen LogP contribution in [0.4, 0.5) is 0 Å². The number of carbonyl (C=O) groups excluding carboxylic acids is 1. The Balaban J connectivity index is 1.67. The van der Waals surface area contributed by atoms with Gasteiger partial charge in [0, 0.05) is 13.0 Å². The van der Waals surface area contributed by atoms with Crippen LogP contribution >= 0.6 is 0 Å². The summed E-state index contributed by atoms with van der Waals surface area (Å²) in [6.45, 7) is 1.60. The Hall–Kier alpha value is -1.29. The minimum atomic E-state index is 0.0154. The number of carbonyl (C=O) groups is 1. The third-order valence-electron chi connectivity index (χ3n) is 2.63. The Morgan fingerprint density at radius 1 is 1.67 bits per heavy atom. The Morgan fingerprint density at radius 2 is 2.60 bits per heavy atom. The quantitative estimate of drug-likeness (QED) is 0.765. The highest BCUT2D eigenvalue weighted by Crippen LogP contribution is 2.04. The molecule has 0 aromatic carbocycles. The molecule has 15 heavy (non-hydrogen) atoms. The summed E-state index contributed by atoms with van der Waals surface area (Å²) in [4.78, 5) is 11.6. The second-order valence-electron chi connectivity index (χ2n) is 3.77. The second kappa shape index (κ2) is 4.98. The standard InChI is InChI=1S/C11H16N2O2/c14-11(10-4-1-6-12-10)13-7-5-9-3-2-8-15-9/h2-3,8,10,12H,1,4-7H2,(H,13,14)/t10-/m0/s1. The van der Waals surface area contributed by atoms with Crippen molar-refractivity contribution < 1.29 is 9.21 Å². The van der Waals surface area contributed by atoms with Gasteiger partial charge in [-0.1, -0.05) is 0 Å². The van der Waals surface area contributed by atoms with Crippen molar-refractivity contribution in [2.45, 2.75) is 25.3 Å². The maximum absolute atomic E-state index is 11.6. The van der Waals surface area contributed by atoms with Gasteiger partial charge in [0.15, 0.2) is 0 Å². The zero-order chi connectivity index (χ0) is 10.5. The first kappa shape index (κ1) is 10.2. The molecule has 4 heteroatoms. The van der Waals surface area contributed by atoms with Gasteiger partial charge in [-0.3, -0.25) is 4.79 Å². The Kier molecular flexibility index (Phi) is 3.40. The molecule has 0 saturated carbocycles. The van der Waals surface area contributed by atoms with Gasteiger partial charge in [0.1, 0.15) is 5.76 Å². The molecule has 2 N–H and O–H groups in total. The molecule has 1 aliphatic rings. The molecule has 0 bridgehead atoms. The van der Waals surface area contributed by atoms with E-state index in [2.05, 4.69) is 10.6 Å². The zero-order valence-corrected chi connectivity index (χ0v) is 8.66. The molecule has 1 aromatic heterocycles. The van der Waals surface area contributed by atoms with E-state index in [0.717, 1.165) is 31.6 Å². The van der Waals surface area contributed by atoms with Gasteiger partial charge in [-0.15, -0.1) is 0 Å². The lowest BCUT2D eigenvalue weighted by atomic mass is 10.2. The summed E-state index contributed by atoms with van der Waals surface area (Å²) in [7, 11) is 0. The Morgan fingerprint density at radius 3 is 3.27 bits per heavy atom. The summed E-state index contributed by atoms with van der Waals surface area (Å²) in [6, 6.07) is 3.79. The van der Waals surface area contributed by atoms with E-state index in [1.165, 1.54) is 0 Å². The molecule has 4 nitrogen and oxygen atoms in total. The van der Waals surface area contributed by atoms with Crippen LogP contribution < -0.4 is 10.6 Å². The lowest BCUT2D eigenvalue weighted by Gasteiger charge is -2.10. The maximum Gasteiger partial charge on any atom is 0.237 e. The van der Waals surface area contributed by atoms with Gasteiger partial charge in [-0.05, 0) is 31.5 Å². The van der Waals surface area contributed by atoms with Gasteiger partial charge in [0.25, 0.3) is 0 Å². The largest absolute Gasteiger partial charge is 0.469 e. The summed E-state index contributed by atoms with van der Waals surface area (Å²) in [5.74, 6) is 1.02. The third kappa shape index (κ3) is 2.83. The molecule has 0 unspecified atom stereocenters. The minimum Gasteiger partial charge on any atom is -0.469 e. The zero-order valence-electron chi connectivity index (χ0n) is 8.66. The first-order chi connectivity index (χ1) is 7.36. The van der Waals surface area contributed by atoms with E-state index in [0.29, 0.717) is 6.54 Å². The minimum absolute atomic E-state index is 0.0154. The number of hydrogen-bond acceptors (Lipinski definition) is 3. The first-order valence-corrected chi connectivity index (χ1v) is 5.40. The SMILES string of the molecule is O=C(NCCc1ccco1)[C@@H]1CCCN1. The number of amides is 1. The van der Waals surface area contributed by atoms with Gasteiger partial charge in [0.05, 0.1) is 12.3 Å². The average Bonchev–Trinajstić information content (AvgIpc) is 2.90. The smallest absolute Gasteiger partial charge is 0.237 e. The molecular formula is C11H16N2O2. The van der Waals surface area contributed by atoms with Crippen LogP contribution in [0, 0.1) is 0 Å². The van der Waals surface area contributed by atoms with Gasteiger partial charge in [0.2, 0.25) is 5.91 Å². The van der Waals surface area contributed by atoms with Crippen molar-refractivity contribution in [2.24, 2.45) is 0 Å². The monoisotopic (exact) mass is 208 g/mol. The normalized spacial score (nSPS) is 20.4. The predicted molar refractivity (Wildman–Crippen MR) is 56.4 cm³/mol. The van der Waals surface area contributed by atoms with E-state index >= 15 is 0 Å². The lowest BCUT2D eigenvalue weighted by Crippen LogP contribution is -2.41. The van der Waals surface area contributed by atoms with E-state index in [1.54, 1.807) is 6.26 Å². The average molecular weight is 208 g/mol. The topological polar surface area (TPSA) is 54.3 Å². The van der Waals surface area contributed by atoms with Crippen LogP contribution in [0.25, 0.3) is 0 Å². The maximum atomic E-state index is 11.6. The summed E-state index contributed by atoms with van der Waals surface area (Å²) < 4.78 is 5.17. The van der Waals surface area contributed by atoms with Gasteiger partial charge in [-0.25, -0.2) is 0 Å². The first-order valence-electron chi connectivity index (χ1n) is 5.40. The van der Waals surface area contributed by atoms with Crippen LogP contribution in [-0.2, 0) is 11.2 Å². The molecule has 0 radical (unpaired) electrons. The van der Waals surface area contributed by atoms with Crippen molar-refractivity contribution in [3.8, 4) is 0 Å². The molecule has 1 atom stereocenters. The molecule has 2 rings (SSSR count). The summed E-state index contributed by atoms with van der Waals surface area (Å²) in [5, 5.41) is 6.07. The highest BCUT2D eigenvalue weighted by Gasteiger charge is 2.21. The van der Waals surface area contributed by atoms with Gasteiger partial charge >= 0.3 is 0 Å². The number of rotatable bonds is 4.